The number of aliphatic hydroxyl groups is 1. The van der Waals surface area contributed by atoms with Crippen LogP contribution in [-0.2, 0) is 20.8 Å². The summed E-state index contributed by atoms with van der Waals surface area (Å²) in [5.74, 6) is -2.37. The van der Waals surface area contributed by atoms with E-state index in [1.165, 1.54) is 30.1 Å². The van der Waals surface area contributed by atoms with Crippen molar-refractivity contribution < 1.29 is 29.5 Å². The predicted octanol–water partition coefficient (Wildman–Crippen LogP) is 1.90. The maximum absolute atomic E-state index is 13.4. The third-order valence-corrected chi connectivity index (χ3v) is 7.53. The summed E-state index contributed by atoms with van der Waals surface area (Å²) in [4.78, 5) is 51.6. The summed E-state index contributed by atoms with van der Waals surface area (Å²) in [6, 6.07) is 13.0. The number of nitrogens with one attached hydrogen (secondary N) is 3. The molecular weight excluding hydrogens is 570 g/mol. The maximum atomic E-state index is 13.4. The van der Waals surface area contributed by atoms with E-state index in [4.69, 9.17) is 5.73 Å². The van der Waals surface area contributed by atoms with Crippen molar-refractivity contribution in [2.24, 2.45) is 5.73 Å². The highest BCUT2D eigenvalue weighted by molar-refractivity contribution is 7.99. The molecule has 1 heterocycles. The highest BCUT2D eigenvalue weighted by atomic mass is 32.2. The Bertz CT molecular complexity index is 1340. The van der Waals surface area contributed by atoms with Gasteiger partial charge in [-0.1, -0.05) is 54.6 Å². The summed E-state index contributed by atoms with van der Waals surface area (Å²) in [5.41, 5.74) is 6.25. The average molecular weight is 610 g/mol. The SMILES string of the molecule is CC(C)(C)NC(=O)c1ccccc1SC[C@H](O)[C@H](Cc1ccccc1)NC(=O)[C@H](CC(N)=O)NC(=O)C1C=CC=CN1O. The molecule has 0 aromatic heterocycles. The Labute approximate surface area is 255 Å². The third kappa shape index (κ3) is 10.6. The van der Waals surface area contributed by atoms with E-state index < -0.39 is 53.9 Å². The summed E-state index contributed by atoms with van der Waals surface area (Å²) < 4.78 is 0. The molecule has 0 fully saturated rings. The Morgan fingerprint density at radius 1 is 1.00 bits per heavy atom. The molecule has 4 amide bonds. The molecule has 1 aliphatic rings. The number of benzene rings is 2. The lowest BCUT2D eigenvalue weighted by molar-refractivity contribution is -0.140. The molecule has 4 atom stereocenters. The molecule has 0 bridgehead atoms. The first-order valence-corrected chi connectivity index (χ1v) is 14.8. The lowest BCUT2D eigenvalue weighted by Crippen LogP contribution is -2.56. The van der Waals surface area contributed by atoms with Crippen LogP contribution in [0.2, 0.25) is 0 Å². The van der Waals surface area contributed by atoms with Crippen LogP contribution in [0.5, 0.6) is 0 Å². The van der Waals surface area contributed by atoms with E-state index >= 15 is 0 Å². The van der Waals surface area contributed by atoms with Crippen molar-refractivity contribution in [3.8, 4) is 0 Å². The molecule has 12 heteroatoms. The number of aliphatic hydroxyl groups excluding tert-OH is 1. The minimum absolute atomic E-state index is 0.128. The topological polar surface area (TPSA) is 174 Å². The molecule has 0 radical (unpaired) electrons. The Morgan fingerprint density at radius 3 is 2.33 bits per heavy atom. The Balaban J connectivity index is 1.77. The number of thioether (sulfide) groups is 1. The fourth-order valence-electron chi connectivity index (χ4n) is 4.28. The standard InChI is InChI=1S/C31H39N5O6S/c1-31(2,3)35-28(39)21-13-7-8-15-26(21)43-19-25(37)22(17-20-11-5-4-6-12-20)33-29(40)23(18-27(32)38)34-30(41)24-14-9-10-16-36(24)42/h4-16,22-25,37,42H,17-19H2,1-3H3,(H2,32,38)(H,33,40)(H,34,41)(H,35,39)/t22-,23-,24?,25-/m0/s1. The highest BCUT2D eigenvalue weighted by Crippen LogP contribution is 2.25. The molecule has 1 aliphatic heterocycles. The number of hydroxylamine groups is 2. The summed E-state index contributed by atoms with van der Waals surface area (Å²) in [5, 5.41) is 30.2. The lowest BCUT2D eigenvalue weighted by atomic mass is 10.0. The second-order valence-electron chi connectivity index (χ2n) is 11.2. The van der Waals surface area contributed by atoms with Gasteiger partial charge < -0.3 is 26.8 Å². The second kappa shape index (κ2) is 15.4. The molecule has 230 valence electrons. The number of carbonyl (C=O) groups excluding carboxylic acids is 4. The third-order valence-electron chi connectivity index (χ3n) is 6.36. The number of carbonyl (C=O) groups is 4. The smallest absolute Gasteiger partial charge is 0.252 e. The van der Waals surface area contributed by atoms with Crippen molar-refractivity contribution in [3.63, 3.8) is 0 Å². The molecule has 11 nitrogen and oxygen atoms in total. The summed E-state index contributed by atoms with van der Waals surface area (Å²) >= 11 is 1.27. The van der Waals surface area contributed by atoms with Crippen molar-refractivity contribution in [1.29, 1.82) is 0 Å². The number of nitrogens with zero attached hydrogens (tertiary/aromatic N) is 1. The molecule has 2 aromatic rings. The monoisotopic (exact) mass is 609 g/mol. The number of nitrogens with two attached hydrogens (primary N) is 1. The number of primary amides is 1. The summed E-state index contributed by atoms with van der Waals surface area (Å²) in [6.45, 7) is 5.66. The van der Waals surface area contributed by atoms with Crippen LogP contribution in [0.1, 0.15) is 43.1 Å². The fourth-order valence-corrected chi connectivity index (χ4v) is 5.35. The van der Waals surface area contributed by atoms with Crippen LogP contribution in [-0.4, -0.2) is 74.5 Å². The van der Waals surface area contributed by atoms with Gasteiger partial charge in [-0.05, 0) is 51.0 Å². The highest BCUT2D eigenvalue weighted by Gasteiger charge is 2.31. The van der Waals surface area contributed by atoms with Gasteiger partial charge in [0.1, 0.15) is 6.04 Å². The molecule has 0 aliphatic carbocycles. The average Bonchev–Trinajstić information content (AvgIpc) is 2.95. The first-order valence-electron chi connectivity index (χ1n) is 13.8. The van der Waals surface area contributed by atoms with Crippen molar-refractivity contribution in [2.45, 2.75) is 68.3 Å². The van der Waals surface area contributed by atoms with E-state index in [0.29, 0.717) is 15.5 Å². The van der Waals surface area contributed by atoms with E-state index in [-0.39, 0.29) is 18.1 Å². The van der Waals surface area contributed by atoms with Gasteiger partial charge in [0.2, 0.25) is 17.7 Å². The van der Waals surface area contributed by atoms with Gasteiger partial charge in [-0.2, -0.15) is 0 Å². The van der Waals surface area contributed by atoms with Crippen LogP contribution >= 0.6 is 11.8 Å². The van der Waals surface area contributed by atoms with Crippen LogP contribution in [0.15, 0.2) is 83.9 Å². The van der Waals surface area contributed by atoms with Gasteiger partial charge in [-0.25, -0.2) is 5.06 Å². The summed E-state index contributed by atoms with van der Waals surface area (Å²) in [7, 11) is 0. The van der Waals surface area contributed by atoms with Crippen LogP contribution in [0, 0.1) is 0 Å². The first kappa shape index (κ1) is 33.4. The molecule has 3 rings (SSSR count). The van der Waals surface area contributed by atoms with E-state index in [9.17, 15) is 29.5 Å². The van der Waals surface area contributed by atoms with Crippen LogP contribution in [0.3, 0.4) is 0 Å². The van der Waals surface area contributed by atoms with E-state index in [0.717, 1.165) is 5.56 Å². The normalized spacial score (nSPS) is 16.6. The van der Waals surface area contributed by atoms with Crippen LogP contribution < -0.4 is 21.7 Å². The Kier molecular flexibility index (Phi) is 11.9. The van der Waals surface area contributed by atoms with Gasteiger partial charge in [0.15, 0.2) is 6.04 Å². The fraction of sp³-hybridized carbons (Fsp3) is 0.355. The van der Waals surface area contributed by atoms with Crippen LogP contribution in [0.25, 0.3) is 0 Å². The van der Waals surface area contributed by atoms with Crippen molar-refractivity contribution in [2.75, 3.05) is 5.75 Å². The molecule has 7 N–H and O–H groups in total. The van der Waals surface area contributed by atoms with E-state index in [2.05, 4.69) is 16.0 Å². The minimum atomic E-state index is -1.35. The van der Waals surface area contributed by atoms with E-state index in [1.54, 1.807) is 30.3 Å². The minimum Gasteiger partial charge on any atom is -0.390 e. The summed E-state index contributed by atoms with van der Waals surface area (Å²) in [6.07, 6.45) is 4.47. The van der Waals surface area contributed by atoms with Gasteiger partial charge in [0.05, 0.1) is 24.1 Å². The Hall–Kier alpha value is -4.13. The lowest BCUT2D eigenvalue weighted by Gasteiger charge is -2.28. The van der Waals surface area contributed by atoms with Gasteiger partial charge in [-0.3, -0.25) is 24.4 Å². The quantitative estimate of drug-likeness (QED) is 0.187. The number of hydrogen-bond donors (Lipinski definition) is 6. The molecule has 43 heavy (non-hydrogen) atoms. The zero-order valence-corrected chi connectivity index (χ0v) is 25.2. The molecule has 1 unspecified atom stereocenters. The Morgan fingerprint density at radius 2 is 1.67 bits per heavy atom. The number of rotatable bonds is 13. The van der Waals surface area contributed by atoms with Crippen molar-refractivity contribution in [3.05, 3.63) is 90.2 Å². The zero-order chi connectivity index (χ0) is 31.6. The van der Waals surface area contributed by atoms with Gasteiger partial charge in [0, 0.05) is 22.4 Å². The molecular formula is C31H39N5O6S. The molecule has 0 spiro atoms. The molecule has 0 saturated carbocycles. The van der Waals surface area contributed by atoms with E-state index in [1.807, 2.05) is 51.1 Å². The van der Waals surface area contributed by atoms with Crippen molar-refractivity contribution >= 4 is 35.4 Å². The number of amides is 4. The maximum Gasteiger partial charge on any atom is 0.252 e. The van der Waals surface area contributed by atoms with Gasteiger partial charge in [-0.15, -0.1) is 11.8 Å². The largest absolute Gasteiger partial charge is 0.390 e. The second-order valence-corrected chi connectivity index (χ2v) is 12.2. The number of allylic oxidation sites excluding steroid dienone is 2. The zero-order valence-electron chi connectivity index (χ0n) is 24.4. The molecule has 2 aromatic carbocycles. The predicted molar refractivity (Wildman–Crippen MR) is 164 cm³/mol. The van der Waals surface area contributed by atoms with Crippen molar-refractivity contribution in [1.82, 2.24) is 21.0 Å². The molecule has 0 saturated heterocycles. The van der Waals surface area contributed by atoms with Crippen LogP contribution in [0.4, 0.5) is 0 Å². The number of hydrogen-bond acceptors (Lipinski definition) is 8. The van der Waals surface area contributed by atoms with Gasteiger partial charge in [0.25, 0.3) is 5.91 Å². The first-order chi connectivity index (χ1) is 20.3. The van der Waals surface area contributed by atoms with Gasteiger partial charge >= 0.3 is 0 Å².